The van der Waals surface area contributed by atoms with Crippen molar-refractivity contribution in [1.82, 2.24) is 16.4 Å². The first-order valence-electron chi connectivity index (χ1n) is 14.5. The van der Waals surface area contributed by atoms with E-state index in [0.29, 0.717) is 46.6 Å². The van der Waals surface area contributed by atoms with E-state index in [-0.39, 0.29) is 30.0 Å². The lowest BCUT2D eigenvalue weighted by Crippen LogP contribution is -2.38. The van der Waals surface area contributed by atoms with Crippen LogP contribution in [0.5, 0.6) is 0 Å². The summed E-state index contributed by atoms with van der Waals surface area (Å²) in [6, 6.07) is 0. The first-order chi connectivity index (χ1) is 20.3. The third-order valence-electron chi connectivity index (χ3n) is 5.59. The summed E-state index contributed by atoms with van der Waals surface area (Å²) in [5.74, 6) is 9.28. The number of nitrogens with zero attached hydrogens (tertiary/aromatic N) is 3. The Morgan fingerprint density at radius 1 is 0.756 bits per heavy atom. The minimum Gasteiger partial charge on any atom is -0.361 e. The Bertz CT molecular complexity index is 1230. The van der Waals surface area contributed by atoms with Crippen LogP contribution >= 0.6 is 11.0 Å². The monoisotopic (exact) mass is 652 g/mol. The Morgan fingerprint density at radius 2 is 1.18 bits per heavy atom. The number of hydroxylamine groups is 3. The van der Waals surface area contributed by atoms with Gasteiger partial charge in [-0.2, -0.15) is 18.7 Å². The Labute approximate surface area is 272 Å². The molecule has 3 aliphatic heterocycles. The van der Waals surface area contributed by atoms with Gasteiger partial charge in [0.1, 0.15) is 23.3 Å². The maximum Gasteiger partial charge on any atom is 0.240 e. The summed E-state index contributed by atoms with van der Waals surface area (Å²) in [6.07, 6.45) is 0.722. The second kappa shape index (κ2) is 21.2. The lowest BCUT2D eigenvalue weighted by Gasteiger charge is -2.08. The van der Waals surface area contributed by atoms with Crippen LogP contribution in [0.2, 0.25) is 0 Å². The van der Waals surface area contributed by atoms with Gasteiger partial charge in [0.05, 0.1) is 11.0 Å². The average Bonchev–Trinajstić information content (AvgIpc) is 3.66. The van der Waals surface area contributed by atoms with Crippen molar-refractivity contribution in [3.63, 3.8) is 0 Å². The van der Waals surface area contributed by atoms with Crippen LogP contribution < -0.4 is 27.3 Å². The first kappa shape index (κ1) is 43.5. The Hall–Kier alpha value is -3.58. The van der Waals surface area contributed by atoms with Gasteiger partial charge >= 0.3 is 0 Å². The molecule has 0 aromatic heterocycles. The molecule has 1 unspecified atom stereocenters. The molecule has 256 valence electrons. The summed E-state index contributed by atoms with van der Waals surface area (Å²) < 4.78 is 8.98. The van der Waals surface area contributed by atoms with E-state index in [1.165, 1.54) is 0 Å². The Morgan fingerprint density at radius 3 is 1.31 bits per heavy atom. The van der Waals surface area contributed by atoms with Crippen LogP contribution in [0.25, 0.3) is 0 Å². The standard InChI is InChI=1S/C8H10O2.2C6H10N2O.C6H12O.C5H10N2OS.CH4/c1-4(2)6-5(3)7(9)8(6)10;2*1-4(2)6-7-5(3)9-8-6;1-5(2)4-6(3)7;1-4(2)5-6-8-9(3)7-5;/h4H,1-3H3;2*4H,3H2,1-2H3,(H,7,8);5H,4H2,1-3H3;4H,3H2,1-2H3,(H,6,7);1H4. The molecule has 4 rings (SSSR count). The molecule has 1 aromatic rings. The van der Waals surface area contributed by atoms with E-state index >= 15 is 0 Å². The van der Waals surface area contributed by atoms with Gasteiger partial charge in [-0.05, 0) is 44.7 Å². The molecular weight excluding hydrogens is 596 g/mol. The first-order valence-corrected chi connectivity index (χ1v) is 15.8. The fraction of sp³-hybridized carbons (Fsp3) is 0.594. The molecule has 3 N–H and O–H groups in total. The van der Waals surface area contributed by atoms with E-state index in [4.69, 9.17) is 14.0 Å². The van der Waals surface area contributed by atoms with Gasteiger partial charge < -0.3 is 14.5 Å². The molecule has 1 aromatic carbocycles. The molecule has 12 nitrogen and oxygen atoms in total. The lowest BCUT2D eigenvalue weighted by molar-refractivity contribution is -0.117. The molecule has 0 bridgehead atoms. The van der Waals surface area contributed by atoms with Crippen molar-refractivity contribution in [1.29, 1.82) is 0 Å². The summed E-state index contributed by atoms with van der Waals surface area (Å²) >= 11 is 0. The highest BCUT2D eigenvalue weighted by atomic mass is 32.2. The van der Waals surface area contributed by atoms with Gasteiger partial charge in [0.2, 0.25) is 22.6 Å². The maximum atomic E-state index is 10.8. The zero-order valence-electron chi connectivity index (χ0n) is 28.4. The predicted molar refractivity (Wildman–Crippen MR) is 190 cm³/mol. The Kier molecular flexibility index (Phi) is 20.5. The van der Waals surface area contributed by atoms with Gasteiger partial charge in [0.25, 0.3) is 0 Å². The van der Waals surface area contributed by atoms with Crippen molar-refractivity contribution >= 4 is 40.1 Å². The number of nitrogens with one attached hydrogen (secondary N) is 3. The van der Waals surface area contributed by atoms with Crippen LogP contribution in [0.1, 0.15) is 107 Å². The van der Waals surface area contributed by atoms with Gasteiger partial charge in [-0.15, -0.1) is 0 Å². The van der Waals surface area contributed by atoms with Crippen molar-refractivity contribution in [2.45, 2.75) is 103 Å². The maximum absolute atomic E-state index is 10.8. The summed E-state index contributed by atoms with van der Waals surface area (Å²) in [5.41, 5.74) is 8.80. The second-order valence-corrected chi connectivity index (χ2v) is 12.8. The number of rotatable bonds is 6. The second-order valence-electron chi connectivity index (χ2n) is 11.8. The number of hydrogen-bond donors (Lipinski definition) is 3. The van der Waals surface area contributed by atoms with Crippen molar-refractivity contribution in [2.24, 2.45) is 38.1 Å². The molecule has 13 heteroatoms. The van der Waals surface area contributed by atoms with Crippen LogP contribution in [0, 0.1) is 30.6 Å². The van der Waals surface area contributed by atoms with E-state index in [1.54, 1.807) is 13.8 Å². The third kappa shape index (κ3) is 16.9. The smallest absolute Gasteiger partial charge is 0.240 e. The third-order valence-corrected chi connectivity index (χ3v) is 6.26. The topological polar surface area (TPSA) is 152 Å². The number of ketones is 1. The number of carbonyl (C=O) groups is 1. The van der Waals surface area contributed by atoms with Gasteiger partial charge in [0.15, 0.2) is 0 Å². The quantitative estimate of drug-likeness (QED) is 0.242. The zero-order chi connectivity index (χ0) is 34.3. The summed E-state index contributed by atoms with van der Waals surface area (Å²) in [5, 5.41) is 0. The van der Waals surface area contributed by atoms with Gasteiger partial charge in [-0.25, -0.2) is 16.4 Å². The van der Waals surface area contributed by atoms with Crippen molar-refractivity contribution in [3.8, 4) is 0 Å². The number of carbonyl (C=O) groups excluding carboxylic acids is 1. The molecule has 0 fully saturated rings. The normalized spacial score (nSPS) is 16.1. The molecule has 0 aliphatic carbocycles. The Balaban J connectivity index is 0. The largest absolute Gasteiger partial charge is 0.361 e. The molecule has 1 atom stereocenters. The number of amidine groups is 3. The number of hydrogen-bond acceptors (Lipinski definition) is 12. The fourth-order valence-corrected chi connectivity index (χ4v) is 4.02. The number of Topliss-reactive ketones (excluding diaryl/α,β-unsaturated/α-hetero) is 1. The minimum absolute atomic E-state index is 0. The van der Waals surface area contributed by atoms with E-state index < -0.39 is 11.0 Å². The molecule has 0 spiro atoms. The van der Waals surface area contributed by atoms with Crippen molar-refractivity contribution in [3.05, 3.63) is 56.5 Å². The fourth-order valence-electron chi connectivity index (χ4n) is 3.33. The van der Waals surface area contributed by atoms with E-state index in [0.717, 1.165) is 23.9 Å². The lowest BCUT2D eigenvalue weighted by atomic mass is 9.93. The molecule has 0 radical (unpaired) electrons. The van der Waals surface area contributed by atoms with Crippen LogP contribution in [-0.4, -0.2) is 29.2 Å². The molecule has 3 aliphatic rings. The van der Waals surface area contributed by atoms with Gasteiger partial charge in [-0.1, -0.05) is 76.7 Å². The van der Waals surface area contributed by atoms with E-state index in [1.807, 2.05) is 55.4 Å². The van der Waals surface area contributed by atoms with Crippen LogP contribution in [0.15, 0.2) is 48.9 Å². The molecule has 0 saturated heterocycles. The van der Waals surface area contributed by atoms with Crippen molar-refractivity contribution in [2.75, 3.05) is 0 Å². The van der Waals surface area contributed by atoms with Crippen LogP contribution in [-0.2, 0) is 18.8 Å². The molecule has 0 amide bonds. The van der Waals surface area contributed by atoms with Crippen LogP contribution in [0.3, 0.4) is 0 Å². The highest BCUT2D eigenvalue weighted by molar-refractivity contribution is 8.09. The highest BCUT2D eigenvalue weighted by Crippen LogP contribution is 2.19. The number of aliphatic imine (C=N–C) groups is 2. The minimum atomic E-state index is -0.497. The SMILES string of the molecule is C.C=C1N=C(C(C)C)NO1.C=C1N=C(C(C)C)NO1.C=S1N=C(C(C)C)NO1.CC(=O)CC(C)C.Cc1c(C(C)C)c(=O)c1=O. The summed E-state index contributed by atoms with van der Waals surface area (Å²) in [7, 11) is -0.497. The molecule has 0 saturated carbocycles. The molecular formula is C32H56N6O6S. The van der Waals surface area contributed by atoms with Gasteiger partial charge in [0, 0.05) is 35.3 Å². The highest BCUT2D eigenvalue weighted by Gasteiger charge is 2.18. The summed E-state index contributed by atoms with van der Waals surface area (Å²) in [6.45, 7) is 30.5. The zero-order valence-corrected chi connectivity index (χ0v) is 29.2. The van der Waals surface area contributed by atoms with E-state index in [2.05, 4.69) is 63.7 Å². The predicted octanol–water partition coefficient (Wildman–Crippen LogP) is 6.17. The summed E-state index contributed by atoms with van der Waals surface area (Å²) in [4.78, 5) is 49.2. The molecule has 3 heterocycles. The molecule has 45 heavy (non-hydrogen) atoms. The van der Waals surface area contributed by atoms with Crippen LogP contribution in [0.4, 0.5) is 0 Å². The van der Waals surface area contributed by atoms with Gasteiger partial charge in [-0.3, -0.25) is 9.59 Å². The average molecular weight is 653 g/mol. The van der Waals surface area contributed by atoms with E-state index in [9.17, 15) is 14.4 Å². The van der Waals surface area contributed by atoms with Crippen molar-refractivity contribution < 1.29 is 18.8 Å².